The number of carbonyl (C=O) groups excluding carboxylic acids is 1. The van der Waals surface area contributed by atoms with Crippen molar-refractivity contribution in [2.45, 2.75) is 39.8 Å². The fourth-order valence-electron chi connectivity index (χ4n) is 1.80. The minimum atomic E-state index is -0.362. The molecule has 0 radical (unpaired) electrons. The number of nitrogens with zero attached hydrogens (tertiary/aromatic N) is 4. The molecule has 0 aliphatic carbocycles. The van der Waals surface area contributed by atoms with Crippen molar-refractivity contribution in [3.05, 3.63) is 41.2 Å². The third-order valence-electron chi connectivity index (χ3n) is 2.97. The summed E-state index contributed by atoms with van der Waals surface area (Å²) in [5, 5.41) is 11.3. The number of carbonyl (C=O) groups is 1. The number of esters is 1. The molecule has 6 nitrogen and oxygen atoms in total. The molecule has 0 fully saturated rings. The van der Waals surface area contributed by atoms with Crippen molar-refractivity contribution >= 4 is 5.97 Å². The summed E-state index contributed by atoms with van der Waals surface area (Å²) in [5.74, 6) is 0.198. The van der Waals surface area contributed by atoms with Crippen LogP contribution in [-0.2, 0) is 24.3 Å². The number of benzene rings is 1. The molecule has 0 saturated carbocycles. The second kappa shape index (κ2) is 6.79. The molecule has 0 N–H and O–H groups in total. The van der Waals surface area contributed by atoms with E-state index in [0.717, 1.165) is 12.8 Å². The minimum absolute atomic E-state index is 0.0847. The number of hydrogen-bond acceptors (Lipinski definition) is 5. The van der Waals surface area contributed by atoms with E-state index < -0.39 is 0 Å². The molecule has 2 aromatic rings. The quantitative estimate of drug-likeness (QED) is 0.753. The Morgan fingerprint density at radius 2 is 2.00 bits per heavy atom. The van der Waals surface area contributed by atoms with Crippen LogP contribution in [0.15, 0.2) is 24.3 Å². The van der Waals surface area contributed by atoms with Gasteiger partial charge in [-0.1, -0.05) is 26.0 Å². The van der Waals surface area contributed by atoms with Gasteiger partial charge >= 0.3 is 5.97 Å². The van der Waals surface area contributed by atoms with Gasteiger partial charge < -0.3 is 4.74 Å². The Morgan fingerprint density at radius 3 is 2.65 bits per heavy atom. The Kier molecular flexibility index (Phi) is 4.81. The minimum Gasteiger partial charge on any atom is -0.454 e. The van der Waals surface area contributed by atoms with E-state index in [1.165, 1.54) is 5.56 Å². The first-order valence-corrected chi connectivity index (χ1v) is 6.75. The predicted molar refractivity (Wildman–Crippen MR) is 73.0 cm³/mol. The maximum atomic E-state index is 11.9. The summed E-state index contributed by atoms with van der Waals surface area (Å²) in [6.07, 6.45) is 1.87. The van der Waals surface area contributed by atoms with Gasteiger partial charge in [-0.2, -0.15) is 0 Å². The molecule has 6 heteroatoms. The van der Waals surface area contributed by atoms with Gasteiger partial charge in [0.1, 0.15) is 0 Å². The van der Waals surface area contributed by atoms with E-state index in [2.05, 4.69) is 22.4 Å². The summed E-state index contributed by atoms with van der Waals surface area (Å²) in [6.45, 7) is 4.90. The van der Waals surface area contributed by atoms with E-state index in [0.29, 0.717) is 17.9 Å². The van der Waals surface area contributed by atoms with Crippen LogP contribution >= 0.6 is 0 Å². The van der Waals surface area contributed by atoms with E-state index >= 15 is 0 Å². The van der Waals surface area contributed by atoms with Crippen LogP contribution < -0.4 is 0 Å². The van der Waals surface area contributed by atoms with Gasteiger partial charge in [0.05, 0.1) is 5.56 Å². The molecule has 1 aromatic heterocycles. The highest BCUT2D eigenvalue weighted by atomic mass is 16.5. The molecule has 0 amide bonds. The predicted octanol–water partition coefficient (Wildman–Crippen LogP) is 2.00. The zero-order chi connectivity index (χ0) is 14.4. The zero-order valence-electron chi connectivity index (χ0n) is 11.7. The molecule has 20 heavy (non-hydrogen) atoms. The smallest absolute Gasteiger partial charge is 0.338 e. The molecule has 0 aliphatic rings. The maximum Gasteiger partial charge on any atom is 0.338 e. The van der Waals surface area contributed by atoms with Crippen molar-refractivity contribution in [2.75, 3.05) is 0 Å². The number of hydrogen-bond donors (Lipinski definition) is 0. The Labute approximate surface area is 117 Å². The summed E-state index contributed by atoms with van der Waals surface area (Å²) in [7, 11) is 0. The van der Waals surface area contributed by atoms with Crippen LogP contribution in [0.5, 0.6) is 0 Å². The van der Waals surface area contributed by atoms with Crippen LogP contribution in [0.2, 0.25) is 0 Å². The second-order valence-corrected chi connectivity index (χ2v) is 4.44. The summed E-state index contributed by atoms with van der Waals surface area (Å²) in [4.78, 5) is 11.9. The molecule has 0 saturated heterocycles. The zero-order valence-corrected chi connectivity index (χ0v) is 11.7. The second-order valence-electron chi connectivity index (χ2n) is 4.44. The Hall–Kier alpha value is -2.24. The first-order valence-electron chi connectivity index (χ1n) is 6.75. The van der Waals surface area contributed by atoms with E-state index in [9.17, 15) is 4.79 Å². The molecule has 106 valence electrons. The Bertz CT molecular complexity index is 563. The largest absolute Gasteiger partial charge is 0.454 e. The number of tetrazole rings is 1. The summed E-state index contributed by atoms with van der Waals surface area (Å²) in [6, 6.07) is 7.40. The molecule has 1 heterocycles. The van der Waals surface area contributed by atoms with E-state index in [1.54, 1.807) is 16.8 Å². The Balaban J connectivity index is 1.95. The molecule has 0 bridgehead atoms. The third-order valence-corrected chi connectivity index (χ3v) is 2.97. The van der Waals surface area contributed by atoms with Crippen LogP contribution in [0, 0.1) is 0 Å². The summed E-state index contributed by atoms with van der Waals surface area (Å²) in [5.41, 5.74) is 1.73. The third kappa shape index (κ3) is 3.40. The number of ether oxygens (including phenoxy) is 1. The summed E-state index contributed by atoms with van der Waals surface area (Å²) >= 11 is 0. The normalized spacial score (nSPS) is 10.5. The summed E-state index contributed by atoms with van der Waals surface area (Å²) < 4.78 is 6.88. The van der Waals surface area contributed by atoms with Crippen molar-refractivity contribution in [1.29, 1.82) is 0 Å². The topological polar surface area (TPSA) is 69.9 Å². The standard InChI is InChI=1S/C14H18N4O2/c1-3-9-18-13(15-16-17-18)10-20-14(19)12-7-5-11(4-2)6-8-12/h5-8H,3-4,9-10H2,1-2H3. The highest BCUT2D eigenvalue weighted by Crippen LogP contribution is 2.08. The van der Waals surface area contributed by atoms with Gasteiger partial charge in [-0.15, -0.1) is 5.10 Å². The number of aromatic nitrogens is 4. The van der Waals surface area contributed by atoms with Gasteiger partial charge in [0.25, 0.3) is 0 Å². The van der Waals surface area contributed by atoms with Gasteiger partial charge in [-0.25, -0.2) is 9.48 Å². The average Bonchev–Trinajstić information content (AvgIpc) is 2.92. The fourth-order valence-corrected chi connectivity index (χ4v) is 1.80. The lowest BCUT2D eigenvalue weighted by Gasteiger charge is -2.05. The van der Waals surface area contributed by atoms with Crippen LogP contribution in [0.25, 0.3) is 0 Å². The molecule has 0 atom stereocenters. The maximum absolute atomic E-state index is 11.9. The monoisotopic (exact) mass is 274 g/mol. The van der Waals surface area contributed by atoms with Gasteiger partial charge in [0.2, 0.25) is 0 Å². The van der Waals surface area contributed by atoms with Crippen molar-refractivity contribution in [1.82, 2.24) is 20.2 Å². The van der Waals surface area contributed by atoms with Gasteiger partial charge in [0, 0.05) is 6.54 Å². The van der Waals surface area contributed by atoms with Crippen LogP contribution in [0.3, 0.4) is 0 Å². The number of rotatable bonds is 6. The van der Waals surface area contributed by atoms with Gasteiger partial charge in [-0.3, -0.25) is 0 Å². The first kappa shape index (κ1) is 14.2. The van der Waals surface area contributed by atoms with Crippen LogP contribution in [0.1, 0.15) is 42.0 Å². The van der Waals surface area contributed by atoms with Gasteiger partial charge in [-0.05, 0) is 41.0 Å². The van der Waals surface area contributed by atoms with E-state index in [4.69, 9.17) is 4.74 Å². The van der Waals surface area contributed by atoms with E-state index in [-0.39, 0.29) is 12.6 Å². The van der Waals surface area contributed by atoms with Gasteiger partial charge in [0.15, 0.2) is 12.4 Å². The Morgan fingerprint density at radius 1 is 1.25 bits per heavy atom. The molecular formula is C14H18N4O2. The number of aryl methyl sites for hydroxylation is 2. The van der Waals surface area contributed by atoms with Crippen molar-refractivity contribution in [2.24, 2.45) is 0 Å². The van der Waals surface area contributed by atoms with Crippen molar-refractivity contribution < 1.29 is 9.53 Å². The van der Waals surface area contributed by atoms with Crippen molar-refractivity contribution in [3.63, 3.8) is 0 Å². The fraction of sp³-hybridized carbons (Fsp3) is 0.429. The highest BCUT2D eigenvalue weighted by Gasteiger charge is 2.11. The SMILES string of the molecule is CCCn1nnnc1COC(=O)c1ccc(CC)cc1. The molecule has 0 spiro atoms. The lowest BCUT2D eigenvalue weighted by molar-refractivity contribution is 0.0456. The first-order chi connectivity index (χ1) is 9.74. The van der Waals surface area contributed by atoms with Crippen molar-refractivity contribution in [3.8, 4) is 0 Å². The molecule has 0 aliphatic heterocycles. The molecular weight excluding hydrogens is 256 g/mol. The average molecular weight is 274 g/mol. The molecule has 1 aromatic carbocycles. The van der Waals surface area contributed by atoms with Crippen LogP contribution in [0.4, 0.5) is 0 Å². The lowest BCUT2D eigenvalue weighted by Crippen LogP contribution is -2.11. The molecule has 0 unspecified atom stereocenters. The van der Waals surface area contributed by atoms with Crippen LogP contribution in [-0.4, -0.2) is 26.2 Å². The van der Waals surface area contributed by atoms with E-state index in [1.807, 2.05) is 19.1 Å². The molecule has 2 rings (SSSR count). The lowest BCUT2D eigenvalue weighted by atomic mass is 10.1. The highest BCUT2D eigenvalue weighted by molar-refractivity contribution is 5.89.